The van der Waals surface area contributed by atoms with E-state index in [0.717, 1.165) is 43.4 Å². The monoisotopic (exact) mass is 302 g/mol. The van der Waals surface area contributed by atoms with E-state index in [1.807, 2.05) is 25.3 Å². The number of rotatable bonds is 8. The fraction of sp³-hybridized carbons (Fsp3) is 0.500. The van der Waals surface area contributed by atoms with Gasteiger partial charge in [0.25, 0.3) is 0 Å². The van der Waals surface area contributed by atoms with Crippen LogP contribution in [0.3, 0.4) is 0 Å². The molecule has 2 rings (SSSR count). The van der Waals surface area contributed by atoms with Crippen LogP contribution >= 0.6 is 0 Å². The first-order chi connectivity index (χ1) is 10.7. The van der Waals surface area contributed by atoms with E-state index in [4.69, 9.17) is 4.74 Å². The number of H-pyrrole nitrogens is 1. The van der Waals surface area contributed by atoms with Crippen molar-refractivity contribution in [1.29, 1.82) is 0 Å². The topological polar surface area (TPSA) is 45.3 Å². The Morgan fingerprint density at radius 1 is 1.23 bits per heavy atom. The summed E-state index contributed by atoms with van der Waals surface area (Å²) in [5.41, 5.74) is 2.19. The molecule has 0 radical (unpaired) electrons. The second-order valence-corrected chi connectivity index (χ2v) is 5.49. The Labute approximate surface area is 132 Å². The number of esters is 1. The number of likely N-dealkylation sites (N-methyl/N-ethyl adjacent to an activating group) is 1. The van der Waals surface area contributed by atoms with Crippen LogP contribution in [0.15, 0.2) is 24.4 Å². The van der Waals surface area contributed by atoms with Crippen LogP contribution in [0, 0.1) is 0 Å². The van der Waals surface area contributed by atoms with Crippen molar-refractivity contribution in [3.05, 3.63) is 30.0 Å². The maximum absolute atomic E-state index is 11.7. The first-order valence-corrected chi connectivity index (χ1v) is 8.21. The fourth-order valence-corrected chi connectivity index (χ4v) is 2.67. The molecule has 0 saturated carbocycles. The largest absolute Gasteiger partial charge is 0.424 e. The Morgan fingerprint density at radius 3 is 2.68 bits per heavy atom. The summed E-state index contributed by atoms with van der Waals surface area (Å²) in [7, 11) is 0. The summed E-state index contributed by atoms with van der Waals surface area (Å²) in [6.07, 6.45) is 4.28. The van der Waals surface area contributed by atoms with Gasteiger partial charge >= 0.3 is 5.97 Å². The zero-order valence-corrected chi connectivity index (χ0v) is 13.8. The predicted molar refractivity (Wildman–Crippen MR) is 90.3 cm³/mol. The van der Waals surface area contributed by atoms with Gasteiger partial charge in [-0.2, -0.15) is 0 Å². The van der Waals surface area contributed by atoms with Gasteiger partial charge in [0.1, 0.15) is 0 Å². The smallest absolute Gasteiger partial charge is 0.311 e. The molecule has 2 aromatic rings. The van der Waals surface area contributed by atoms with Crippen LogP contribution in [-0.4, -0.2) is 35.5 Å². The molecular weight excluding hydrogens is 276 g/mol. The lowest BCUT2D eigenvalue weighted by molar-refractivity contribution is -0.134. The van der Waals surface area contributed by atoms with E-state index in [9.17, 15) is 4.79 Å². The quantitative estimate of drug-likeness (QED) is 0.596. The highest BCUT2D eigenvalue weighted by molar-refractivity contribution is 5.90. The molecule has 0 aliphatic heterocycles. The standard InChI is InChI=1S/C18H26N2O2/c1-4-8-17(21)22-16-10-7-9-15-14(13-19-18(15)16)11-12-20(5-2)6-3/h7,9-10,13,19H,4-6,8,11-12H2,1-3H3. The molecule has 22 heavy (non-hydrogen) atoms. The van der Waals surface area contributed by atoms with Crippen LogP contribution in [0.2, 0.25) is 0 Å². The molecule has 1 aromatic carbocycles. The van der Waals surface area contributed by atoms with Gasteiger partial charge in [-0.15, -0.1) is 0 Å². The number of fused-ring (bicyclic) bond motifs is 1. The Bertz CT molecular complexity index is 615. The average Bonchev–Trinajstić information content (AvgIpc) is 2.93. The normalized spacial score (nSPS) is 11.3. The molecule has 0 saturated heterocycles. The highest BCUT2D eigenvalue weighted by Gasteiger charge is 2.12. The highest BCUT2D eigenvalue weighted by atomic mass is 16.5. The van der Waals surface area contributed by atoms with Crippen LogP contribution in [0.4, 0.5) is 0 Å². The molecule has 0 unspecified atom stereocenters. The number of ether oxygens (including phenoxy) is 1. The lowest BCUT2D eigenvalue weighted by Crippen LogP contribution is -2.25. The van der Waals surface area contributed by atoms with Crippen LogP contribution in [-0.2, 0) is 11.2 Å². The van der Waals surface area contributed by atoms with Crippen molar-refractivity contribution < 1.29 is 9.53 Å². The Hall–Kier alpha value is -1.81. The van der Waals surface area contributed by atoms with E-state index in [0.29, 0.717) is 12.2 Å². The van der Waals surface area contributed by atoms with Gasteiger partial charge in [-0.3, -0.25) is 4.79 Å². The molecule has 1 aromatic heterocycles. The van der Waals surface area contributed by atoms with Crippen LogP contribution in [0.25, 0.3) is 10.9 Å². The minimum absolute atomic E-state index is 0.172. The first-order valence-electron chi connectivity index (χ1n) is 8.21. The third-order valence-corrected chi connectivity index (χ3v) is 4.03. The van der Waals surface area contributed by atoms with Gasteiger partial charge < -0.3 is 14.6 Å². The molecule has 1 heterocycles. The minimum atomic E-state index is -0.172. The minimum Gasteiger partial charge on any atom is -0.424 e. The van der Waals surface area contributed by atoms with Crippen molar-refractivity contribution in [2.24, 2.45) is 0 Å². The number of carbonyl (C=O) groups excluding carboxylic acids is 1. The molecule has 0 amide bonds. The third-order valence-electron chi connectivity index (χ3n) is 4.03. The number of nitrogens with zero attached hydrogens (tertiary/aromatic N) is 1. The maximum atomic E-state index is 11.7. The summed E-state index contributed by atoms with van der Waals surface area (Å²) in [6.45, 7) is 9.52. The molecule has 4 nitrogen and oxygen atoms in total. The first kappa shape index (κ1) is 16.6. The molecule has 1 N–H and O–H groups in total. The maximum Gasteiger partial charge on any atom is 0.311 e. The Morgan fingerprint density at radius 2 is 2.00 bits per heavy atom. The second-order valence-electron chi connectivity index (χ2n) is 5.49. The van der Waals surface area contributed by atoms with E-state index in [1.54, 1.807) is 0 Å². The molecule has 0 aliphatic carbocycles. The van der Waals surface area contributed by atoms with Crippen LogP contribution in [0.1, 0.15) is 39.2 Å². The Kier molecular flexibility index (Phi) is 6.01. The zero-order chi connectivity index (χ0) is 15.9. The lowest BCUT2D eigenvalue weighted by Gasteiger charge is -2.17. The van der Waals surface area contributed by atoms with E-state index in [1.165, 1.54) is 5.56 Å². The van der Waals surface area contributed by atoms with E-state index in [2.05, 4.69) is 29.8 Å². The number of para-hydroxylation sites is 1. The van der Waals surface area contributed by atoms with E-state index < -0.39 is 0 Å². The molecule has 0 atom stereocenters. The molecule has 4 heteroatoms. The molecule has 0 aliphatic rings. The number of aromatic amines is 1. The van der Waals surface area contributed by atoms with E-state index >= 15 is 0 Å². The molecule has 0 bridgehead atoms. The second kappa shape index (κ2) is 7.99. The zero-order valence-electron chi connectivity index (χ0n) is 13.8. The van der Waals surface area contributed by atoms with E-state index in [-0.39, 0.29) is 5.97 Å². The van der Waals surface area contributed by atoms with Gasteiger partial charge in [-0.05, 0) is 37.6 Å². The van der Waals surface area contributed by atoms with Gasteiger partial charge in [-0.25, -0.2) is 0 Å². The molecular formula is C18H26N2O2. The van der Waals surface area contributed by atoms with Gasteiger partial charge in [0.2, 0.25) is 0 Å². The van der Waals surface area contributed by atoms with Crippen molar-refractivity contribution >= 4 is 16.9 Å². The summed E-state index contributed by atoms with van der Waals surface area (Å²) >= 11 is 0. The number of aromatic nitrogens is 1. The highest BCUT2D eigenvalue weighted by Crippen LogP contribution is 2.28. The van der Waals surface area contributed by atoms with Crippen molar-refractivity contribution in [2.45, 2.75) is 40.0 Å². The van der Waals surface area contributed by atoms with Gasteiger partial charge in [0.15, 0.2) is 5.75 Å². The van der Waals surface area contributed by atoms with Crippen molar-refractivity contribution in [1.82, 2.24) is 9.88 Å². The van der Waals surface area contributed by atoms with Crippen molar-refractivity contribution in [3.63, 3.8) is 0 Å². The average molecular weight is 302 g/mol. The van der Waals surface area contributed by atoms with Crippen molar-refractivity contribution in [3.8, 4) is 5.75 Å². The molecule has 120 valence electrons. The molecule has 0 fully saturated rings. The van der Waals surface area contributed by atoms with Crippen LogP contribution in [0.5, 0.6) is 5.75 Å². The number of carbonyl (C=O) groups is 1. The van der Waals surface area contributed by atoms with Crippen molar-refractivity contribution in [2.75, 3.05) is 19.6 Å². The molecule has 0 spiro atoms. The number of hydrogen-bond donors (Lipinski definition) is 1. The summed E-state index contributed by atoms with van der Waals surface area (Å²) < 4.78 is 5.47. The van der Waals surface area contributed by atoms with Crippen LogP contribution < -0.4 is 4.74 Å². The number of hydrogen-bond acceptors (Lipinski definition) is 3. The third kappa shape index (κ3) is 3.89. The van der Waals surface area contributed by atoms with Gasteiger partial charge in [-0.1, -0.05) is 32.9 Å². The summed E-state index contributed by atoms with van der Waals surface area (Å²) in [6, 6.07) is 5.88. The predicted octanol–water partition coefficient (Wildman–Crippen LogP) is 3.76. The summed E-state index contributed by atoms with van der Waals surface area (Å²) in [5, 5.41) is 1.15. The summed E-state index contributed by atoms with van der Waals surface area (Å²) in [4.78, 5) is 17.4. The fourth-order valence-electron chi connectivity index (χ4n) is 2.67. The summed E-state index contributed by atoms with van der Waals surface area (Å²) in [5.74, 6) is 0.458. The lowest BCUT2D eigenvalue weighted by atomic mass is 10.1. The number of benzene rings is 1. The number of nitrogens with one attached hydrogen (secondary N) is 1. The van der Waals surface area contributed by atoms with Gasteiger partial charge in [0, 0.05) is 24.5 Å². The SMILES string of the molecule is CCCC(=O)Oc1cccc2c(CCN(CC)CC)c[nH]c12. The Balaban J connectivity index is 2.16. The van der Waals surface area contributed by atoms with Gasteiger partial charge in [0.05, 0.1) is 5.52 Å².